The summed E-state index contributed by atoms with van der Waals surface area (Å²) in [4.78, 5) is 26.7. The Labute approximate surface area is 167 Å². The highest BCUT2D eigenvalue weighted by Crippen LogP contribution is 2.22. The summed E-state index contributed by atoms with van der Waals surface area (Å²) in [5.41, 5.74) is 3.50. The van der Waals surface area contributed by atoms with Gasteiger partial charge in [-0.05, 0) is 56.5 Å². The normalized spacial score (nSPS) is 14.1. The molecule has 0 fully saturated rings. The van der Waals surface area contributed by atoms with Gasteiger partial charge in [-0.25, -0.2) is 5.43 Å². The van der Waals surface area contributed by atoms with Crippen molar-refractivity contribution in [2.45, 2.75) is 38.6 Å². The van der Waals surface area contributed by atoms with Crippen molar-refractivity contribution < 1.29 is 9.90 Å². The van der Waals surface area contributed by atoms with Gasteiger partial charge in [0.2, 0.25) is 5.88 Å². The van der Waals surface area contributed by atoms with Gasteiger partial charge in [0, 0.05) is 12.1 Å². The molecule has 146 valence electrons. The van der Waals surface area contributed by atoms with Crippen LogP contribution in [0.4, 0.5) is 0 Å². The average molecular weight is 398 g/mol. The lowest BCUT2D eigenvalue weighted by atomic mass is 9.97. The van der Waals surface area contributed by atoms with Gasteiger partial charge < -0.3 is 5.11 Å². The van der Waals surface area contributed by atoms with Gasteiger partial charge in [-0.1, -0.05) is 29.8 Å². The molecule has 3 rings (SSSR count). The van der Waals surface area contributed by atoms with Crippen LogP contribution in [0, 0.1) is 4.77 Å². The monoisotopic (exact) mass is 398 g/mol. The van der Waals surface area contributed by atoms with Crippen molar-refractivity contribution in [3.8, 4) is 5.88 Å². The van der Waals surface area contributed by atoms with Crippen molar-refractivity contribution in [3.63, 3.8) is 0 Å². The van der Waals surface area contributed by atoms with Crippen LogP contribution in [0.2, 0.25) is 0 Å². The molecule has 7 nitrogen and oxygen atoms in total. The Morgan fingerprint density at radius 2 is 2.11 bits per heavy atom. The van der Waals surface area contributed by atoms with Gasteiger partial charge in [0.25, 0.3) is 11.5 Å². The third-order valence-corrected chi connectivity index (χ3v) is 4.97. The summed E-state index contributed by atoms with van der Waals surface area (Å²) in [6, 6.07) is 8.57. The molecular formula is C20H22N4O3S. The number of rotatable bonds is 6. The Kier molecular flexibility index (Phi) is 6.54. The summed E-state index contributed by atoms with van der Waals surface area (Å²) in [5.74, 6) is -0.673. The van der Waals surface area contributed by atoms with Gasteiger partial charge in [-0.2, -0.15) is 5.10 Å². The van der Waals surface area contributed by atoms with E-state index in [4.69, 9.17) is 12.2 Å². The van der Waals surface area contributed by atoms with Gasteiger partial charge in [-0.15, -0.1) is 0 Å². The maximum absolute atomic E-state index is 12.2. The molecule has 1 aromatic carbocycles. The molecule has 28 heavy (non-hydrogen) atoms. The maximum atomic E-state index is 12.2. The van der Waals surface area contributed by atoms with Crippen LogP contribution in [-0.2, 0) is 6.54 Å². The van der Waals surface area contributed by atoms with Gasteiger partial charge >= 0.3 is 0 Å². The van der Waals surface area contributed by atoms with E-state index in [9.17, 15) is 14.7 Å². The zero-order chi connectivity index (χ0) is 19.9. The van der Waals surface area contributed by atoms with Crippen LogP contribution in [0.5, 0.6) is 5.88 Å². The number of carbonyl (C=O) groups is 1. The van der Waals surface area contributed by atoms with Crippen molar-refractivity contribution in [2.75, 3.05) is 0 Å². The maximum Gasteiger partial charge on any atom is 0.271 e. The highest BCUT2D eigenvalue weighted by molar-refractivity contribution is 7.71. The predicted molar refractivity (Wildman–Crippen MR) is 110 cm³/mol. The Morgan fingerprint density at radius 1 is 1.32 bits per heavy atom. The van der Waals surface area contributed by atoms with E-state index in [-0.39, 0.29) is 16.2 Å². The van der Waals surface area contributed by atoms with Crippen LogP contribution in [0.15, 0.2) is 51.9 Å². The number of nitrogens with one attached hydrogen (secondary N) is 2. The number of aromatic amines is 1. The SMILES string of the molecule is O=C(NN=Cc1c(O)n(CCC2=CCCCC2)c(=S)[nH]c1=O)c1ccccc1. The van der Waals surface area contributed by atoms with E-state index in [1.165, 1.54) is 23.0 Å². The van der Waals surface area contributed by atoms with Crippen LogP contribution < -0.4 is 11.0 Å². The van der Waals surface area contributed by atoms with E-state index in [1.807, 2.05) is 0 Å². The molecule has 0 bridgehead atoms. The van der Waals surface area contributed by atoms with Crippen LogP contribution in [-0.4, -0.2) is 26.8 Å². The minimum absolute atomic E-state index is 0.0559. The third-order valence-electron chi connectivity index (χ3n) is 4.64. The second-order valence-electron chi connectivity index (χ2n) is 6.57. The summed E-state index contributed by atoms with van der Waals surface area (Å²) in [7, 11) is 0. The molecule has 0 atom stereocenters. The first kappa shape index (κ1) is 19.8. The van der Waals surface area contributed by atoms with E-state index in [0.717, 1.165) is 25.5 Å². The molecule has 1 amide bonds. The molecule has 1 aliphatic carbocycles. The van der Waals surface area contributed by atoms with Crippen LogP contribution in [0.1, 0.15) is 48.0 Å². The largest absolute Gasteiger partial charge is 0.494 e. The Hall–Kier alpha value is -3.00. The lowest BCUT2D eigenvalue weighted by molar-refractivity contribution is 0.0955. The first-order valence-corrected chi connectivity index (χ1v) is 9.59. The molecule has 0 aliphatic heterocycles. The number of aromatic nitrogens is 2. The average Bonchev–Trinajstić information content (AvgIpc) is 2.71. The van der Waals surface area contributed by atoms with E-state index >= 15 is 0 Å². The zero-order valence-corrected chi connectivity index (χ0v) is 16.2. The Bertz CT molecular complexity index is 1020. The molecule has 8 heteroatoms. The summed E-state index contributed by atoms with van der Waals surface area (Å²) in [5, 5.41) is 14.3. The van der Waals surface area contributed by atoms with Crippen LogP contribution >= 0.6 is 12.2 Å². The minimum atomic E-state index is -0.562. The van der Waals surface area contributed by atoms with Gasteiger partial charge in [0.05, 0.1) is 6.21 Å². The van der Waals surface area contributed by atoms with Gasteiger partial charge in [0.1, 0.15) is 5.56 Å². The molecular weight excluding hydrogens is 376 g/mol. The summed E-state index contributed by atoms with van der Waals surface area (Å²) < 4.78 is 1.64. The van der Waals surface area contributed by atoms with Crippen molar-refractivity contribution >= 4 is 24.3 Å². The number of hydrogen-bond donors (Lipinski definition) is 3. The van der Waals surface area contributed by atoms with Gasteiger partial charge in [-0.3, -0.25) is 19.1 Å². The van der Waals surface area contributed by atoms with Crippen molar-refractivity contribution in [2.24, 2.45) is 5.10 Å². The number of hydrogen-bond acceptors (Lipinski definition) is 5. The zero-order valence-electron chi connectivity index (χ0n) is 15.4. The number of nitrogens with zero attached hydrogens (tertiary/aromatic N) is 2. The fourth-order valence-electron chi connectivity index (χ4n) is 3.10. The predicted octanol–water partition coefficient (Wildman–Crippen LogP) is 3.27. The number of benzene rings is 1. The van der Waals surface area contributed by atoms with Crippen molar-refractivity contribution in [3.05, 3.63) is 68.2 Å². The molecule has 0 spiro atoms. The fourth-order valence-corrected chi connectivity index (χ4v) is 3.37. The number of aromatic hydroxyl groups is 1. The molecule has 0 unspecified atom stereocenters. The summed E-state index contributed by atoms with van der Waals surface area (Å²) in [6.07, 6.45) is 8.64. The molecule has 1 heterocycles. The highest BCUT2D eigenvalue weighted by atomic mass is 32.1. The van der Waals surface area contributed by atoms with Crippen molar-refractivity contribution in [1.82, 2.24) is 15.0 Å². The molecule has 0 radical (unpaired) electrons. The lowest BCUT2D eigenvalue weighted by Gasteiger charge is -2.15. The number of carbonyl (C=O) groups excluding carboxylic acids is 1. The van der Waals surface area contributed by atoms with Gasteiger partial charge in [0.15, 0.2) is 4.77 Å². The molecule has 3 N–H and O–H groups in total. The van der Waals surface area contributed by atoms with E-state index in [1.54, 1.807) is 30.3 Å². The molecule has 0 saturated carbocycles. The van der Waals surface area contributed by atoms with Crippen LogP contribution in [0.3, 0.4) is 0 Å². The van der Waals surface area contributed by atoms with Crippen molar-refractivity contribution in [1.29, 1.82) is 0 Å². The molecule has 1 aromatic heterocycles. The van der Waals surface area contributed by atoms with E-state index < -0.39 is 11.5 Å². The quantitative estimate of drug-likeness (QED) is 0.301. The number of hydrazone groups is 1. The first-order valence-electron chi connectivity index (χ1n) is 9.18. The standard InChI is InChI=1S/C20H22N4O3S/c25-17(15-9-5-2-6-10-15)23-21-13-16-18(26)22-20(28)24(19(16)27)12-11-14-7-3-1-4-8-14/h2,5-7,9-10,13,27H,1,3-4,8,11-12H2,(H,23,25)(H,22,26,28). The fraction of sp³-hybridized carbons (Fsp3) is 0.300. The third kappa shape index (κ3) is 4.83. The molecule has 2 aromatic rings. The van der Waals surface area contributed by atoms with Crippen LogP contribution in [0.25, 0.3) is 0 Å². The summed E-state index contributed by atoms with van der Waals surface area (Å²) >= 11 is 5.19. The van der Waals surface area contributed by atoms with E-state index in [0.29, 0.717) is 12.1 Å². The highest BCUT2D eigenvalue weighted by Gasteiger charge is 2.12. The number of H-pyrrole nitrogens is 1. The lowest BCUT2D eigenvalue weighted by Crippen LogP contribution is -2.21. The first-order chi connectivity index (χ1) is 13.6. The molecule has 0 saturated heterocycles. The topological polar surface area (TPSA) is 99.5 Å². The second kappa shape index (κ2) is 9.27. The number of allylic oxidation sites excluding steroid dienone is 2. The Balaban J connectivity index is 1.75. The smallest absolute Gasteiger partial charge is 0.271 e. The summed E-state index contributed by atoms with van der Waals surface area (Å²) in [6.45, 7) is 0.463. The molecule has 1 aliphatic rings. The Morgan fingerprint density at radius 3 is 2.82 bits per heavy atom. The number of amides is 1. The minimum Gasteiger partial charge on any atom is -0.494 e. The van der Waals surface area contributed by atoms with E-state index in [2.05, 4.69) is 21.6 Å². The second-order valence-corrected chi connectivity index (χ2v) is 6.96.